The summed E-state index contributed by atoms with van der Waals surface area (Å²) in [7, 11) is -0.577. The van der Waals surface area contributed by atoms with Gasteiger partial charge in [-0.2, -0.15) is 5.26 Å². The van der Waals surface area contributed by atoms with E-state index in [0.717, 1.165) is 11.1 Å². The van der Waals surface area contributed by atoms with Crippen LogP contribution in [0.25, 0.3) is 11.3 Å². The van der Waals surface area contributed by atoms with Gasteiger partial charge in [-0.05, 0) is 74.8 Å². The van der Waals surface area contributed by atoms with Crippen LogP contribution < -0.4 is 15.0 Å². The molecule has 0 unspecified atom stereocenters. The predicted molar refractivity (Wildman–Crippen MR) is 170 cm³/mol. The van der Waals surface area contributed by atoms with Crippen LogP contribution in [0.1, 0.15) is 59.6 Å². The highest BCUT2D eigenvalue weighted by atomic mass is 28.4. The lowest BCUT2D eigenvalue weighted by molar-refractivity contribution is 0.0575. The van der Waals surface area contributed by atoms with E-state index in [1.165, 1.54) is 0 Å². The van der Waals surface area contributed by atoms with E-state index in [1.807, 2.05) is 32.9 Å². The van der Waals surface area contributed by atoms with Gasteiger partial charge in [0.25, 0.3) is 0 Å². The van der Waals surface area contributed by atoms with Crippen LogP contribution >= 0.6 is 0 Å². The molecule has 1 N–H and O–H groups in total. The Balaban J connectivity index is 1.80. The maximum absolute atomic E-state index is 13.5. The van der Waals surface area contributed by atoms with Gasteiger partial charge in [-0.15, -0.1) is 0 Å². The van der Waals surface area contributed by atoms with Crippen molar-refractivity contribution in [1.82, 2.24) is 15.0 Å². The average Bonchev–Trinajstić information content (AvgIpc) is 3.23. The Morgan fingerprint density at radius 3 is 2.49 bits per heavy atom. The number of ether oxygens (including phenoxy) is 2. The van der Waals surface area contributed by atoms with E-state index in [0.29, 0.717) is 47.6 Å². The summed E-state index contributed by atoms with van der Waals surface area (Å²) in [4.78, 5) is 28.4. The number of fused-ring (bicyclic) bond motifs is 1. The number of nitrogens with one attached hydrogen (secondary N) is 1. The lowest BCUT2D eigenvalue weighted by Gasteiger charge is -2.39. The molecule has 0 saturated carbocycles. The Bertz CT molecular complexity index is 1560. The molecule has 1 aliphatic rings. The van der Waals surface area contributed by atoms with Crippen LogP contribution in [0.2, 0.25) is 18.1 Å². The van der Waals surface area contributed by atoms with E-state index in [4.69, 9.17) is 18.9 Å². The third-order valence-electron chi connectivity index (χ3n) is 7.99. The zero-order valence-corrected chi connectivity index (χ0v) is 27.8. The fourth-order valence-corrected chi connectivity index (χ4v) is 5.75. The molecule has 1 atom stereocenters. The first-order valence-electron chi connectivity index (χ1n) is 14.3. The second kappa shape index (κ2) is 11.6. The van der Waals surface area contributed by atoms with Crippen molar-refractivity contribution >= 4 is 31.7 Å². The summed E-state index contributed by atoms with van der Waals surface area (Å²) in [6.45, 7) is 19.3. The first-order valence-corrected chi connectivity index (χ1v) is 17.2. The smallest absolute Gasteiger partial charge is 0.414 e. The summed E-state index contributed by atoms with van der Waals surface area (Å²) in [5, 5.41) is 13.5. The summed E-state index contributed by atoms with van der Waals surface area (Å²) >= 11 is 0. The van der Waals surface area contributed by atoms with Gasteiger partial charge in [0.05, 0.1) is 24.1 Å². The number of hydrogen-bond donors (Lipinski definition) is 1. The van der Waals surface area contributed by atoms with Gasteiger partial charge in [-0.1, -0.05) is 27.7 Å². The monoisotopic (exact) mass is 602 g/mol. The van der Waals surface area contributed by atoms with Crippen molar-refractivity contribution in [2.45, 2.75) is 77.6 Å². The largest absolute Gasteiger partial charge is 0.480 e. The molecule has 3 aromatic rings. The van der Waals surface area contributed by atoms with Crippen molar-refractivity contribution in [3.63, 3.8) is 0 Å². The van der Waals surface area contributed by atoms with Crippen molar-refractivity contribution < 1.29 is 18.7 Å². The number of hydrogen-bond acceptors (Lipinski definition) is 9. The summed E-state index contributed by atoms with van der Waals surface area (Å²) in [5.74, 6) is 0.766. The molecule has 1 amide bonds. The molecular weight excluding hydrogens is 560 g/mol. The second-order valence-corrected chi connectivity index (χ2v) is 18.5. The molecule has 228 valence electrons. The molecule has 43 heavy (non-hydrogen) atoms. The van der Waals surface area contributed by atoms with Crippen LogP contribution in [-0.4, -0.2) is 55.2 Å². The average molecular weight is 603 g/mol. The van der Waals surface area contributed by atoms with Gasteiger partial charge in [0.15, 0.2) is 8.32 Å². The topological polar surface area (TPSA) is 122 Å². The van der Waals surface area contributed by atoms with Crippen LogP contribution in [0, 0.1) is 11.3 Å². The van der Waals surface area contributed by atoms with Crippen molar-refractivity contribution in [3.05, 3.63) is 53.9 Å². The number of benzene rings is 1. The zero-order valence-electron chi connectivity index (χ0n) is 26.8. The van der Waals surface area contributed by atoms with E-state index in [-0.39, 0.29) is 5.04 Å². The second-order valence-electron chi connectivity index (χ2n) is 13.7. The van der Waals surface area contributed by atoms with Gasteiger partial charge in [0, 0.05) is 36.5 Å². The van der Waals surface area contributed by atoms with Gasteiger partial charge in [0.2, 0.25) is 11.8 Å². The predicted octanol–water partition coefficient (Wildman–Crippen LogP) is 7.20. The lowest BCUT2D eigenvalue weighted by Crippen LogP contribution is -2.46. The number of nitriles is 1. The number of anilines is 3. The minimum absolute atomic E-state index is 0.0105. The lowest BCUT2D eigenvalue weighted by atomic mass is 9.83. The Labute approximate surface area is 255 Å². The number of methoxy groups -OCH3 is 1. The standard InChI is InChI=1S/C32H42N6O4Si/c1-30(2,3)42-29(39)38-19-32(7,20-41-43(9,10)31(4,5)6)23-17-21(16-22(18-33)26(23)38)24-13-15-35-28(36-24)37-25-12-11-14-34-27(25)40-8/h11-17H,19-20H2,1-10H3,(H,35,36,37)/t32-/m1/s1. The molecule has 0 fully saturated rings. The first kappa shape index (κ1) is 31.9. The van der Waals surface area contributed by atoms with Gasteiger partial charge < -0.3 is 19.2 Å². The summed E-state index contributed by atoms with van der Waals surface area (Å²) in [5.41, 5.74) is 2.42. The highest BCUT2D eigenvalue weighted by Crippen LogP contribution is 2.47. The van der Waals surface area contributed by atoms with Crippen LogP contribution in [0.15, 0.2) is 42.7 Å². The number of pyridine rings is 1. The molecule has 1 aromatic carbocycles. The fraction of sp³-hybridized carbons (Fsp3) is 0.469. The molecule has 0 aliphatic carbocycles. The van der Waals surface area contributed by atoms with E-state index in [9.17, 15) is 10.1 Å². The first-order chi connectivity index (χ1) is 20.0. The normalized spacial score (nSPS) is 16.8. The van der Waals surface area contributed by atoms with Gasteiger partial charge in [-0.25, -0.2) is 19.7 Å². The van der Waals surface area contributed by atoms with Crippen molar-refractivity contribution in [1.29, 1.82) is 5.26 Å². The Morgan fingerprint density at radius 1 is 1.14 bits per heavy atom. The molecule has 10 nitrogen and oxygen atoms in total. The number of nitrogens with zero attached hydrogens (tertiary/aromatic N) is 5. The third kappa shape index (κ3) is 6.81. The maximum Gasteiger partial charge on any atom is 0.414 e. The molecule has 3 heterocycles. The maximum atomic E-state index is 13.5. The quantitative estimate of drug-likeness (QED) is 0.280. The van der Waals surface area contributed by atoms with E-state index >= 15 is 0 Å². The van der Waals surface area contributed by atoms with Crippen LogP contribution in [-0.2, 0) is 14.6 Å². The Kier molecular flexibility index (Phi) is 8.59. The molecule has 11 heteroatoms. The SMILES string of the molecule is COc1ncccc1Nc1nccc(-c2cc(C#N)c3c(c2)[C@@](C)(CO[Si](C)(C)C(C)(C)C)CN3C(=O)OC(C)(C)C)n1. The van der Waals surface area contributed by atoms with Crippen molar-refractivity contribution in [2.24, 2.45) is 0 Å². The van der Waals surface area contributed by atoms with Crippen molar-refractivity contribution in [2.75, 3.05) is 30.5 Å². The molecule has 0 bridgehead atoms. The molecule has 0 radical (unpaired) electrons. The van der Waals surface area contributed by atoms with Crippen molar-refractivity contribution in [3.8, 4) is 23.2 Å². The number of aromatic nitrogens is 3. The molecule has 0 spiro atoms. The highest BCUT2D eigenvalue weighted by Gasteiger charge is 2.47. The minimum Gasteiger partial charge on any atom is -0.480 e. The third-order valence-corrected chi connectivity index (χ3v) is 12.5. The van der Waals surface area contributed by atoms with Crippen LogP contribution in [0.3, 0.4) is 0 Å². The Morgan fingerprint density at radius 2 is 1.86 bits per heavy atom. The fourth-order valence-electron chi connectivity index (χ4n) is 4.63. The highest BCUT2D eigenvalue weighted by molar-refractivity contribution is 6.74. The number of amides is 1. The molecule has 4 rings (SSSR count). The summed E-state index contributed by atoms with van der Waals surface area (Å²) in [6.07, 6.45) is 2.80. The van der Waals surface area contributed by atoms with E-state index in [1.54, 1.807) is 42.6 Å². The van der Waals surface area contributed by atoms with Gasteiger partial charge in [0.1, 0.15) is 17.4 Å². The minimum atomic E-state index is -2.12. The number of carbonyl (C=O) groups excluding carboxylic acids is 1. The Hall–Kier alpha value is -4.01. The van der Waals surface area contributed by atoms with E-state index in [2.05, 4.69) is 62.1 Å². The van der Waals surface area contributed by atoms with E-state index < -0.39 is 25.4 Å². The van der Waals surface area contributed by atoms with Crippen LogP contribution in [0.4, 0.5) is 22.1 Å². The number of carbonyl (C=O) groups is 1. The van der Waals surface area contributed by atoms with Gasteiger partial charge >= 0.3 is 6.09 Å². The molecule has 2 aromatic heterocycles. The zero-order chi connectivity index (χ0) is 31.8. The number of rotatable bonds is 7. The molecular formula is C32H42N6O4Si. The van der Waals surface area contributed by atoms with Gasteiger partial charge in [-0.3, -0.25) is 4.90 Å². The molecule has 0 saturated heterocycles. The summed E-state index contributed by atoms with van der Waals surface area (Å²) in [6, 6.07) is 11.5. The molecule has 1 aliphatic heterocycles. The van der Waals surface area contributed by atoms with Crippen LogP contribution in [0.5, 0.6) is 5.88 Å². The summed E-state index contributed by atoms with van der Waals surface area (Å²) < 4.78 is 17.8.